The van der Waals surface area contributed by atoms with Crippen LogP contribution in [0.15, 0.2) is 12.2 Å². The third-order valence-electron chi connectivity index (χ3n) is 2.53. The summed E-state index contributed by atoms with van der Waals surface area (Å²) in [5.41, 5.74) is 0. The molecule has 0 amide bonds. The van der Waals surface area contributed by atoms with Crippen LogP contribution in [0.3, 0.4) is 0 Å². The van der Waals surface area contributed by atoms with Crippen molar-refractivity contribution in [2.45, 2.75) is 26.3 Å². The highest BCUT2D eigenvalue weighted by molar-refractivity contribution is 5.02. The fourth-order valence-corrected chi connectivity index (χ4v) is 1.77. The van der Waals surface area contributed by atoms with Crippen molar-refractivity contribution in [2.24, 2.45) is 11.8 Å². The first-order chi connectivity index (χ1) is 4.79. The molecular formula is C9H17N. The topological polar surface area (TPSA) is 12.0 Å². The fourth-order valence-electron chi connectivity index (χ4n) is 1.77. The van der Waals surface area contributed by atoms with E-state index in [2.05, 4.69) is 31.3 Å². The smallest absolute Gasteiger partial charge is 0.0132 e. The van der Waals surface area contributed by atoms with Gasteiger partial charge in [0, 0.05) is 6.04 Å². The van der Waals surface area contributed by atoms with E-state index >= 15 is 0 Å². The van der Waals surface area contributed by atoms with Crippen LogP contribution in [0.1, 0.15) is 20.3 Å². The summed E-state index contributed by atoms with van der Waals surface area (Å²) in [5, 5.41) is 3.32. The van der Waals surface area contributed by atoms with Crippen molar-refractivity contribution in [3.05, 3.63) is 12.2 Å². The van der Waals surface area contributed by atoms with Crippen LogP contribution in [0.4, 0.5) is 0 Å². The lowest BCUT2D eigenvalue weighted by atomic mass is 9.70. The van der Waals surface area contributed by atoms with Gasteiger partial charge < -0.3 is 5.32 Å². The van der Waals surface area contributed by atoms with Gasteiger partial charge >= 0.3 is 0 Å². The SMILES string of the molecule is C/C=C/C1C(C)CC1NC. The van der Waals surface area contributed by atoms with Crippen molar-refractivity contribution in [1.29, 1.82) is 0 Å². The molecule has 1 rings (SSSR count). The van der Waals surface area contributed by atoms with Crippen LogP contribution in [-0.2, 0) is 0 Å². The molecule has 1 fully saturated rings. The third-order valence-corrected chi connectivity index (χ3v) is 2.53. The minimum atomic E-state index is 0.742. The van der Waals surface area contributed by atoms with Crippen molar-refractivity contribution < 1.29 is 0 Å². The van der Waals surface area contributed by atoms with Gasteiger partial charge in [0.25, 0.3) is 0 Å². The second-order valence-electron chi connectivity index (χ2n) is 3.21. The molecule has 1 heteroatoms. The lowest BCUT2D eigenvalue weighted by Crippen LogP contribution is -2.46. The highest BCUT2D eigenvalue weighted by atomic mass is 14.9. The molecule has 3 atom stereocenters. The van der Waals surface area contributed by atoms with Gasteiger partial charge in [0.1, 0.15) is 0 Å². The molecule has 0 aromatic rings. The summed E-state index contributed by atoms with van der Waals surface area (Å²) >= 11 is 0. The minimum absolute atomic E-state index is 0.742. The highest BCUT2D eigenvalue weighted by Crippen LogP contribution is 2.34. The van der Waals surface area contributed by atoms with Crippen molar-refractivity contribution in [3.63, 3.8) is 0 Å². The maximum absolute atomic E-state index is 3.32. The Morgan fingerprint density at radius 1 is 1.50 bits per heavy atom. The molecule has 0 aromatic carbocycles. The number of hydrogen-bond acceptors (Lipinski definition) is 1. The second-order valence-corrected chi connectivity index (χ2v) is 3.21. The maximum Gasteiger partial charge on any atom is 0.0132 e. The van der Waals surface area contributed by atoms with Crippen LogP contribution in [-0.4, -0.2) is 13.1 Å². The normalized spacial score (nSPS) is 40.1. The van der Waals surface area contributed by atoms with E-state index in [9.17, 15) is 0 Å². The molecule has 58 valence electrons. The maximum atomic E-state index is 3.32. The Morgan fingerprint density at radius 2 is 2.20 bits per heavy atom. The predicted molar refractivity (Wildman–Crippen MR) is 44.9 cm³/mol. The second kappa shape index (κ2) is 3.20. The van der Waals surface area contributed by atoms with Crippen LogP contribution in [0.25, 0.3) is 0 Å². The van der Waals surface area contributed by atoms with Crippen molar-refractivity contribution in [2.75, 3.05) is 7.05 Å². The first-order valence-electron chi connectivity index (χ1n) is 4.09. The Morgan fingerprint density at radius 3 is 2.60 bits per heavy atom. The van der Waals surface area contributed by atoms with E-state index in [1.165, 1.54) is 6.42 Å². The number of hydrogen-bond donors (Lipinski definition) is 1. The van der Waals surface area contributed by atoms with E-state index in [1.54, 1.807) is 0 Å². The molecule has 1 aliphatic carbocycles. The quantitative estimate of drug-likeness (QED) is 0.575. The van der Waals surface area contributed by atoms with Crippen LogP contribution in [0.2, 0.25) is 0 Å². The van der Waals surface area contributed by atoms with E-state index in [0.29, 0.717) is 0 Å². The molecule has 10 heavy (non-hydrogen) atoms. The molecule has 0 aliphatic heterocycles. The average Bonchev–Trinajstić information content (AvgIpc) is 1.95. The van der Waals surface area contributed by atoms with E-state index in [1.807, 2.05) is 7.05 Å². The van der Waals surface area contributed by atoms with Crippen LogP contribution < -0.4 is 5.32 Å². The molecule has 3 unspecified atom stereocenters. The third kappa shape index (κ3) is 1.24. The molecule has 1 nitrogen and oxygen atoms in total. The van der Waals surface area contributed by atoms with E-state index in [4.69, 9.17) is 0 Å². The first kappa shape index (κ1) is 7.80. The van der Waals surface area contributed by atoms with E-state index in [-0.39, 0.29) is 0 Å². The lowest BCUT2D eigenvalue weighted by Gasteiger charge is -2.41. The molecule has 0 aromatic heterocycles. The monoisotopic (exact) mass is 139 g/mol. The molecule has 1 aliphatic rings. The Bertz CT molecular complexity index is 129. The Balaban J connectivity index is 2.40. The molecule has 0 spiro atoms. The summed E-state index contributed by atoms with van der Waals surface area (Å²) in [6, 6.07) is 0.742. The molecule has 1 saturated carbocycles. The van der Waals surface area contributed by atoms with Crippen LogP contribution >= 0.6 is 0 Å². The Kier molecular flexibility index (Phi) is 2.50. The standard InChI is InChI=1S/C9H17N/c1-4-5-8-7(2)6-9(8)10-3/h4-5,7-10H,6H2,1-3H3/b5-4+. The number of rotatable bonds is 2. The average molecular weight is 139 g/mol. The van der Waals surface area contributed by atoms with E-state index in [0.717, 1.165) is 17.9 Å². The van der Waals surface area contributed by atoms with Gasteiger partial charge in [0.05, 0.1) is 0 Å². The summed E-state index contributed by atoms with van der Waals surface area (Å²) in [6.07, 6.45) is 5.81. The fraction of sp³-hybridized carbons (Fsp3) is 0.778. The lowest BCUT2D eigenvalue weighted by molar-refractivity contribution is 0.173. The summed E-state index contributed by atoms with van der Waals surface area (Å²) < 4.78 is 0. The van der Waals surface area contributed by atoms with Gasteiger partial charge in [-0.25, -0.2) is 0 Å². The predicted octanol–water partition coefficient (Wildman–Crippen LogP) is 1.81. The van der Waals surface area contributed by atoms with Gasteiger partial charge in [-0.1, -0.05) is 19.1 Å². The summed E-state index contributed by atoms with van der Waals surface area (Å²) in [5.74, 6) is 1.67. The van der Waals surface area contributed by atoms with Crippen molar-refractivity contribution >= 4 is 0 Å². The molecular weight excluding hydrogens is 122 g/mol. The summed E-state index contributed by atoms with van der Waals surface area (Å²) in [6.45, 7) is 4.41. The van der Waals surface area contributed by atoms with Gasteiger partial charge in [-0.3, -0.25) is 0 Å². The number of allylic oxidation sites excluding steroid dienone is 1. The summed E-state index contributed by atoms with van der Waals surface area (Å²) in [7, 11) is 2.05. The molecule has 0 saturated heterocycles. The van der Waals surface area contributed by atoms with Gasteiger partial charge in [-0.05, 0) is 32.2 Å². The Hall–Kier alpha value is -0.300. The van der Waals surface area contributed by atoms with Crippen LogP contribution in [0, 0.1) is 11.8 Å². The van der Waals surface area contributed by atoms with E-state index < -0.39 is 0 Å². The molecule has 0 heterocycles. The zero-order chi connectivity index (χ0) is 7.56. The largest absolute Gasteiger partial charge is 0.316 e. The van der Waals surface area contributed by atoms with Gasteiger partial charge in [0.2, 0.25) is 0 Å². The first-order valence-corrected chi connectivity index (χ1v) is 4.09. The summed E-state index contributed by atoms with van der Waals surface area (Å²) in [4.78, 5) is 0. The van der Waals surface area contributed by atoms with Crippen molar-refractivity contribution in [3.8, 4) is 0 Å². The highest BCUT2D eigenvalue weighted by Gasteiger charge is 2.34. The zero-order valence-corrected chi connectivity index (χ0v) is 7.09. The van der Waals surface area contributed by atoms with Gasteiger partial charge in [-0.2, -0.15) is 0 Å². The molecule has 0 bridgehead atoms. The van der Waals surface area contributed by atoms with Crippen LogP contribution in [0.5, 0.6) is 0 Å². The minimum Gasteiger partial charge on any atom is -0.316 e. The Labute approximate surface area is 63.5 Å². The van der Waals surface area contributed by atoms with Gasteiger partial charge in [-0.15, -0.1) is 0 Å². The van der Waals surface area contributed by atoms with Gasteiger partial charge in [0.15, 0.2) is 0 Å². The molecule has 0 radical (unpaired) electrons. The van der Waals surface area contributed by atoms with Crippen molar-refractivity contribution in [1.82, 2.24) is 5.32 Å². The number of nitrogens with one attached hydrogen (secondary N) is 1. The molecule has 1 N–H and O–H groups in total. The zero-order valence-electron chi connectivity index (χ0n) is 7.09.